The molecule has 0 atom stereocenters. The van der Waals surface area contributed by atoms with Gasteiger partial charge in [0.05, 0.1) is 11.1 Å². The van der Waals surface area contributed by atoms with Crippen molar-refractivity contribution in [1.82, 2.24) is 4.73 Å². The molecule has 0 saturated carbocycles. The van der Waals surface area contributed by atoms with E-state index in [9.17, 15) is 23.2 Å². The lowest BCUT2D eigenvalue weighted by Gasteiger charge is -2.07. The van der Waals surface area contributed by atoms with Gasteiger partial charge in [-0.3, -0.25) is 10.2 Å². The smallest absolute Gasteiger partial charge is 0.416 e. The summed E-state index contributed by atoms with van der Waals surface area (Å²) in [6, 6.07) is 6.35. The van der Waals surface area contributed by atoms with Crippen LogP contribution in [0.3, 0.4) is 0 Å². The van der Waals surface area contributed by atoms with E-state index >= 15 is 0 Å². The fourth-order valence-corrected chi connectivity index (χ4v) is 1.65. The van der Waals surface area contributed by atoms with E-state index in [1.807, 2.05) is 0 Å². The molecule has 0 aliphatic heterocycles. The van der Waals surface area contributed by atoms with Gasteiger partial charge < -0.3 is 5.21 Å². The fraction of sp³-hybridized carbons (Fsp3) is 0.0769. The molecule has 0 spiro atoms. The molecule has 7 heteroatoms. The van der Waals surface area contributed by atoms with Gasteiger partial charge in [-0.1, -0.05) is 12.1 Å². The van der Waals surface area contributed by atoms with Gasteiger partial charge in [0, 0.05) is 11.8 Å². The summed E-state index contributed by atoms with van der Waals surface area (Å²) in [4.78, 5) is 12.1. The molecule has 0 aliphatic carbocycles. The molecule has 0 radical (unpaired) electrons. The standard InChI is InChI=1S/C13H9F3N2O2/c14-13(15,16)9-5-3-8(4-6-9)11(19)10-2-1-7-18(20)12(10)17/h1-7,17,20H. The molecule has 2 aromatic rings. The van der Waals surface area contributed by atoms with E-state index in [4.69, 9.17) is 5.41 Å². The van der Waals surface area contributed by atoms with E-state index < -0.39 is 23.0 Å². The number of nitrogens with one attached hydrogen (secondary N) is 1. The lowest BCUT2D eigenvalue weighted by molar-refractivity contribution is -0.137. The normalized spacial score (nSPS) is 11.3. The van der Waals surface area contributed by atoms with Crippen molar-refractivity contribution in [3.8, 4) is 0 Å². The summed E-state index contributed by atoms with van der Waals surface area (Å²) in [7, 11) is 0. The molecule has 104 valence electrons. The van der Waals surface area contributed by atoms with Gasteiger partial charge in [-0.05, 0) is 24.3 Å². The molecule has 0 fully saturated rings. The van der Waals surface area contributed by atoms with Crippen molar-refractivity contribution in [2.75, 3.05) is 0 Å². The molecule has 1 aromatic heterocycles. The molecule has 0 bridgehead atoms. The Morgan fingerprint density at radius 3 is 2.30 bits per heavy atom. The molecule has 1 aromatic carbocycles. The van der Waals surface area contributed by atoms with Crippen molar-refractivity contribution in [1.29, 1.82) is 5.41 Å². The van der Waals surface area contributed by atoms with Crippen LogP contribution in [0.5, 0.6) is 0 Å². The zero-order valence-electron chi connectivity index (χ0n) is 9.98. The van der Waals surface area contributed by atoms with Crippen LogP contribution >= 0.6 is 0 Å². The van der Waals surface area contributed by atoms with Crippen molar-refractivity contribution < 1.29 is 23.2 Å². The van der Waals surface area contributed by atoms with Gasteiger partial charge in [-0.25, -0.2) is 0 Å². The minimum absolute atomic E-state index is 0.0118. The molecule has 0 amide bonds. The Hall–Kier alpha value is -2.57. The van der Waals surface area contributed by atoms with E-state index in [0.29, 0.717) is 4.73 Å². The van der Waals surface area contributed by atoms with E-state index in [0.717, 1.165) is 24.3 Å². The third-order valence-electron chi connectivity index (χ3n) is 2.69. The van der Waals surface area contributed by atoms with Crippen molar-refractivity contribution in [3.63, 3.8) is 0 Å². The number of hydrogen-bond acceptors (Lipinski definition) is 3. The van der Waals surface area contributed by atoms with Crippen LogP contribution in [0.1, 0.15) is 21.5 Å². The lowest BCUT2D eigenvalue weighted by Crippen LogP contribution is -2.24. The Morgan fingerprint density at radius 1 is 1.15 bits per heavy atom. The van der Waals surface area contributed by atoms with Crippen LogP contribution in [-0.2, 0) is 6.18 Å². The summed E-state index contributed by atoms with van der Waals surface area (Å²) < 4.78 is 37.7. The van der Waals surface area contributed by atoms with Crippen molar-refractivity contribution in [2.24, 2.45) is 0 Å². The number of hydrogen-bond donors (Lipinski definition) is 2. The summed E-state index contributed by atoms with van der Waals surface area (Å²) >= 11 is 0. The first-order valence-corrected chi connectivity index (χ1v) is 5.48. The maximum Gasteiger partial charge on any atom is 0.416 e. The van der Waals surface area contributed by atoms with Gasteiger partial charge in [0.15, 0.2) is 11.3 Å². The van der Waals surface area contributed by atoms with Crippen LogP contribution in [0.4, 0.5) is 13.2 Å². The van der Waals surface area contributed by atoms with Gasteiger partial charge in [0.25, 0.3) is 0 Å². The molecule has 1 heterocycles. The molecule has 0 unspecified atom stereocenters. The zero-order chi connectivity index (χ0) is 14.9. The van der Waals surface area contributed by atoms with E-state index in [-0.39, 0.29) is 11.1 Å². The summed E-state index contributed by atoms with van der Waals surface area (Å²) in [5.41, 5.74) is -1.38. The number of pyridine rings is 1. The number of aromatic nitrogens is 1. The van der Waals surface area contributed by atoms with Gasteiger partial charge in [0.2, 0.25) is 0 Å². The first-order chi connectivity index (χ1) is 9.30. The first kappa shape index (κ1) is 13.9. The Morgan fingerprint density at radius 2 is 1.75 bits per heavy atom. The molecular formula is C13H9F3N2O2. The molecular weight excluding hydrogens is 273 g/mol. The Balaban J connectivity index is 2.40. The minimum atomic E-state index is -4.47. The zero-order valence-corrected chi connectivity index (χ0v) is 9.98. The number of nitrogens with zero attached hydrogens (tertiary/aromatic N) is 1. The Kier molecular flexibility index (Phi) is 3.35. The Labute approximate surface area is 111 Å². The minimum Gasteiger partial charge on any atom is -0.427 e. The molecule has 2 rings (SSSR count). The number of ketones is 1. The first-order valence-electron chi connectivity index (χ1n) is 5.48. The van der Waals surface area contributed by atoms with Crippen molar-refractivity contribution in [2.45, 2.75) is 6.18 Å². The lowest BCUT2D eigenvalue weighted by atomic mass is 10.0. The van der Waals surface area contributed by atoms with E-state index in [1.165, 1.54) is 18.3 Å². The van der Waals surface area contributed by atoms with Crippen LogP contribution in [-0.4, -0.2) is 15.7 Å². The predicted molar refractivity (Wildman–Crippen MR) is 62.3 cm³/mol. The third-order valence-corrected chi connectivity index (χ3v) is 2.69. The van der Waals surface area contributed by atoms with Gasteiger partial charge in [-0.2, -0.15) is 17.9 Å². The van der Waals surface area contributed by atoms with Crippen LogP contribution in [0.2, 0.25) is 0 Å². The van der Waals surface area contributed by atoms with E-state index in [2.05, 4.69) is 0 Å². The van der Waals surface area contributed by atoms with Crippen molar-refractivity contribution in [3.05, 3.63) is 64.8 Å². The summed E-state index contributed by atoms with van der Waals surface area (Å²) in [5, 5.41) is 16.8. The van der Waals surface area contributed by atoms with Gasteiger partial charge in [0.1, 0.15) is 0 Å². The van der Waals surface area contributed by atoms with Crippen LogP contribution in [0, 0.1) is 5.41 Å². The second-order valence-electron chi connectivity index (χ2n) is 4.02. The summed E-state index contributed by atoms with van der Waals surface area (Å²) in [5.74, 6) is -0.632. The van der Waals surface area contributed by atoms with Gasteiger partial charge >= 0.3 is 6.18 Å². The maximum absolute atomic E-state index is 12.4. The van der Waals surface area contributed by atoms with Gasteiger partial charge in [-0.15, -0.1) is 0 Å². The Bertz CT molecular complexity index is 703. The highest BCUT2D eigenvalue weighted by molar-refractivity contribution is 6.08. The fourth-order valence-electron chi connectivity index (χ4n) is 1.65. The summed E-state index contributed by atoms with van der Waals surface area (Å²) in [6.07, 6.45) is -3.30. The quantitative estimate of drug-likeness (QED) is 0.656. The highest BCUT2D eigenvalue weighted by Crippen LogP contribution is 2.29. The van der Waals surface area contributed by atoms with E-state index in [1.54, 1.807) is 0 Å². The molecule has 4 nitrogen and oxygen atoms in total. The number of carbonyl (C=O) groups excluding carboxylic acids is 1. The highest BCUT2D eigenvalue weighted by Gasteiger charge is 2.30. The second kappa shape index (κ2) is 4.84. The molecule has 0 aliphatic rings. The summed E-state index contributed by atoms with van der Waals surface area (Å²) in [6.45, 7) is 0. The average Bonchev–Trinajstić information content (AvgIpc) is 2.40. The SMILES string of the molecule is N=c1c(C(=O)c2ccc(C(F)(F)F)cc2)cccn1O. The number of benzene rings is 1. The van der Waals surface area contributed by atoms with Crippen molar-refractivity contribution >= 4 is 5.78 Å². The predicted octanol–water partition coefficient (Wildman–Crippen LogP) is 2.45. The topological polar surface area (TPSA) is 66.1 Å². The number of rotatable bonds is 2. The number of alkyl halides is 3. The highest BCUT2D eigenvalue weighted by atomic mass is 19.4. The molecule has 2 N–H and O–H groups in total. The second-order valence-corrected chi connectivity index (χ2v) is 4.02. The molecule has 20 heavy (non-hydrogen) atoms. The maximum atomic E-state index is 12.4. The van der Waals surface area contributed by atoms with Crippen LogP contribution < -0.4 is 5.49 Å². The third kappa shape index (κ3) is 2.56. The van der Waals surface area contributed by atoms with Crippen LogP contribution in [0.15, 0.2) is 42.6 Å². The van der Waals surface area contributed by atoms with Crippen LogP contribution in [0.25, 0.3) is 0 Å². The number of halogens is 3. The largest absolute Gasteiger partial charge is 0.427 e. The monoisotopic (exact) mass is 282 g/mol. The molecule has 0 saturated heterocycles. The average molecular weight is 282 g/mol. The number of carbonyl (C=O) groups is 1.